The van der Waals surface area contributed by atoms with Crippen LogP contribution in [-0.4, -0.2) is 44.1 Å². The topological polar surface area (TPSA) is 61.4 Å². The highest BCUT2D eigenvalue weighted by molar-refractivity contribution is 5.97. The number of carbonyl (C=O) groups excluding carboxylic acids is 1. The lowest BCUT2D eigenvalue weighted by atomic mass is 10.1. The van der Waals surface area contributed by atoms with E-state index >= 15 is 0 Å². The molecule has 0 atom stereocenters. The van der Waals surface area contributed by atoms with Crippen LogP contribution in [0.4, 0.5) is 17.3 Å². The zero-order valence-electron chi connectivity index (χ0n) is 21.3. The molecule has 0 radical (unpaired) electrons. The van der Waals surface area contributed by atoms with Gasteiger partial charge in [0.1, 0.15) is 12.0 Å². The van der Waals surface area contributed by atoms with Crippen LogP contribution >= 0.6 is 0 Å². The van der Waals surface area contributed by atoms with Crippen molar-refractivity contribution in [1.29, 1.82) is 0 Å². The first-order valence-corrected chi connectivity index (χ1v) is 12.6. The van der Waals surface area contributed by atoms with Crippen LogP contribution in [0.2, 0.25) is 0 Å². The van der Waals surface area contributed by atoms with Crippen molar-refractivity contribution in [2.45, 2.75) is 96.8 Å². The molecule has 1 rings (SSSR count). The van der Waals surface area contributed by atoms with Crippen molar-refractivity contribution in [3.8, 4) is 0 Å². The zero-order chi connectivity index (χ0) is 23.6. The summed E-state index contributed by atoms with van der Waals surface area (Å²) >= 11 is 0. The number of carbonyl (C=O) groups is 1. The molecule has 0 bridgehead atoms. The highest BCUT2D eigenvalue weighted by Crippen LogP contribution is 2.30. The van der Waals surface area contributed by atoms with Crippen molar-refractivity contribution in [3.63, 3.8) is 0 Å². The van der Waals surface area contributed by atoms with Gasteiger partial charge in [0.15, 0.2) is 11.6 Å². The van der Waals surface area contributed by atoms with Gasteiger partial charge in [-0.25, -0.2) is 9.97 Å². The molecule has 0 saturated carbocycles. The largest absolute Gasteiger partial charge is 0.361 e. The lowest BCUT2D eigenvalue weighted by molar-refractivity contribution is -0.116. The molecule has 1 N–H and O–H groups in total. The van der Waals surface area contributed by atoms with Crippen LogP contribution in [0.25, 0.3) is 0 Å². The second-order valence-electron chi connectivity index (χ2n) is 9.07. The van der Waals surface area contributed by atoms with Crippen LogP contribution in [0.1, 0.15) is 96.8 Å². The standard InChI is InChI=1S/C26H47N5O/c1-6-7-8-9-10-11-12-13-14-15-16-17-18-19-20-21-23(32)29-24-25(30(2)3)27-22-28-26(24)31(4)5/h13-14,22H,6-12,15-21H2,1-5H3,(H,29,32). The van der Waals surface area contributed by atoms with Gasteiger partial charge in [-0.15, -0.1) is 0 Å². The van der Waals surface area contributed by atoms with Crippen molar-refractivity contribution >= 4 is 23.2 Å². The van der Waals surface area contributed by atoms with E-state index in [0.29, 0.717) is 12.1 Å². The van der Waals surface area contributed by atoms with Crippen LogP contribution < -0.4 is 15.1 Å². The van der Waals surface area contributed by atoms with Crippen molar-refractivity contribution in [2.24, 2.45) is 0 Å². The molecule has 0 unspecified atom stereocenters. The molecular weight excluding hydrogens is 398 g/mol. The summed E-state index contributed by atoms with van der Waals surface area (Å²) in [7, 11) is 7.67. The fourth-order valence-corrected chi connectivity index (χ4v) is 3.72. The fourth-order valence-electron chi connectivity index (χ4n) is 3.72. The first-order chi connectivity index (χ1) is 15.5. The first kappa shape index (κ1) is 27.9. The van der Waals surface area contributed by atoms with Gasteiger partial charge in [-0.05, 0) is 32.1 Å². The Hall–Kier alpha value is -2.11. The summed E-state index contributed by atoms with van der Waals surface area (Å²) in [5, 5.41) is 3.03. The minimum atomic E-state index is 0.0311. The molecule has 0 aliphatic heterocycles. The molecule has 1 aromatic rings. The predicted molar refractivity (Wildman–Crippen MR) is 139 cm³/mol. The number of nitrogens with zero attached hydrogens (tertiary/aromatic N) is 4. The Morgan fingerprint density at radius 3 is 1.75 bits per heavy atom. The van der Waals surface area contributed by atoms with E-state index in [4.69, 9.17) is 0 Å². The Bertz CT molecular complexity index is 631. The van der Waals surface area contributed by atoms with Crippen LogP contribution in [-0.2, 0) is 4.79 Å². The number of amides is 1. The van der Waals surface area contributed by atoms with Gasteiger partial charge >= 0.3 is 0 Å². The minimum absolute atomic E-state index is 0.0311. The molecule has 32 heavy (non-hydrogen) atoms. The Morgan fingerprint density at radius 2 is 1.25 bits per heavy atom. The monoisotopic (exact) mass is 445 g/mol. The number of aromatic nitrogens is 2. The van der Waals surface area contributed by atoms with Crippen LogP contribution in [0.5, 0.6) is 0 Å². The Balaban J connectivity index is 2.15. The lowest BCUT2D eigenvalue weighted by Crippen LogP contribution is -2.22. The summed E-state index contributed by atoms with van der Waals surface area (Å²) in [4.78, 5) is 24.9. The predicted octanol–water partition coefficient (Wildman–Crippen LogP) is 6.58. The fraction of sp³-hybridized carbons (Fsp3) is 0.731. The maximum absolute atomic E-state index is 12.5. The number of hydrogen-bond donors (Lipinski definition) is 1. The maximum Gasteiger partial charge on any atom is 0.224 e. The summed E-state index contributed by atoms with van der Waals surface area (Å²) in [6.07, 6.45) is 23.1. The van der Waals surface area contributed by atoms with Gasteiger partial charge in [-0.1, -0.05) is 70.4 Å². The molecule has 6 heteroatoms. The molecule has 1 heterocycles. The van der Waals surface area contributed by atoms with Gasteiger partial charge < -0.3 is 15.1 Å². The van der Waals surface area contributed by atoms with Gasteiger partial charge in [0.2, 0.25) is 5.91 Å². The number of nitrogens with one attached hydrogen (secondary N) is 1. The number of hydrogen-bond acceptors (Lipinski definition) is 5. The van der Waals surface area contributed by atoms with E-state index in [1.807, 2.05) is 38.0 Å². The number of anilines is 3. The van der Waals surface area contributed by atoms with Gasteiger partial charge in [0.05, 0.1) is 0 Å². The van der Waals surface area contributed by atoms with E-state index in [0.717, 1.165) is 24.5 Å². The molecule has 0 aliphatic rings. The second kappa shape index (κ2) is 17.4. The van der Waals surface area contributed by atoms with E-state index in [9.17, 15) is 4.79 Å². The molecule has 0 saturated heterocycles. The summed E-state index contributed by atoms with van der Waals surface area (Å²) < 4.78 is 0. The van der Waals surface area contributed by atoms with Gasteiger partial charge in [0.25, 0.3) is 0 Å². The zero-order valence-corrected chi connectivity index (χ0v) is 21.3. The normalized spacial score (nSPS) is 11.2. The van der Waals surface area contributed by atoms with E-state index in [-0.39, 0.29) is 5.91 Å². The van der Waals surface area contributed by atoms with Crippen molar-refractivity contribution < 1.29 is 4.79 Å². The molecule has 182 valence electrons. The molecule has 1 aromatic heterocycles. The van der Waals surface area contributed by atoms with Gasteiger partial charge in [-0.3, -0.25) is 4.79 Å². The van der Waals surface area contributed by atoms with Crippen molar-refractivity contribution in [2.75, 3.05) is 43.3 Å². The molecule has 0 spiro atoms. The summed E-state index contributed by atoms with van der Waals surface area (Å²) in [5.74, 6) is 1.48. The Labute approximate surface area is 196 Å². The number of rotatable bonds is 18. The highest BCUT2D eigenvalue weighted by atomic mass is 16.1. The molecule has 1 amide bonds. The maximum atomic E-state index is 12.5. The van der Waals surface area contributed by atoms with E-state index < -0.39 is 0 Å². The van der Waals surface area contributed by atoms with Crippen molar-refractivity contribution in [1.82, 2.24) is 9.97 Å². The molecule has 0 aromatic carbocycles. The minimum Gasteiger partial charge on any atom is -0.361 e. The lowest BCUT2D eigenvalue weighted by Gasteiger charge is -2.22. The van der Waals surface area contributed by atoms with E-state index in [1.54, 1.807) is 0 Å². The van der Waals surface area contributed by atoms with Crippen LogP contribution in [0.3, 0.4) is 0 Å². The van der Waals surface area contributed by atoms with Gasteiger partial charge in [-0.2, -0.15) is 0 Å². The quantitative estimate of drug-likeness (QED) is 0.204. The summed E-state index contributed by atoms with van der Waals surface area (Å²) in [5.41, 5.74) is 0.681. The Morgan fingerprint density at radius 1 is 0.781 bits per heavy atom. The smallest absolute Gasteiger partial charge is 0.224 e. The van der Waals surface area contributed by atoms with Crippen LogP contribution in [0, 0.1) is 0 Å². The molecular formula is C26H47N5O. The average Bonchev–Trinajstić information content (AvgIpc) is 2.76. The average molecular weight is 446 g/mol. The van der Waals surface area contributed by atoms with E-state index in [1.165, 1.54) is 77.0 Å². The molecule has 6 nitrogen and oxygen atoms in total. The number of allylic oxidation sites excluding steroid dienone is 2. The third kappa shape index (κ3) is 12.1. The third-order valence-electron chi connectivity index (χ3n) is 5.58. The molecule has 0 fully saturated rings. The summed E-state index contributed by atoms with van der Waals surface area (Å²) in [6, 6.07) is 0. The second-order valence-corrected chi connectivity index (χ2v) is 9.07. The molecule has 0 aliphatic carbocycles. The van der Waals surface area contributed by atoms with E-state index in [2.05, 4.69) is 34.4 Å². The number of unbranched alkanes of at least 4 members (excludes halogenated alkanes) is 11. The van der Waals surface area contributed by atoms with Gasteiger partial charge in [0, 0.05) is 34.6 Å². The first-order valence-electron chi connectivity index (χ1n) is 12.6. The third-order valence-corrected chi connectivity index (χ3v) is 5.58. The Kier molecular flexibility index (Phi) is 15.2. The van der Waals surface area contributed by atoms with Crippen LogP contribution in [0.15, 0.2) is 18.5 Å². The SMILES string of the molecule is CCCCCCCCC=CCCCCCCCC(=O)Nc1c(N(C)C)ncnc1N(C)C. The highest BCUT2D eigenvalue weighted by Gasteiger charge is 2.17. The van der Waals surface area contributed by atoms with Crippen molar-refractivity contribution in [3.05, 3.63) is 18.5 Å². The summed E-state index contributed by atoms with van der Waals surface area (Å²) in [6.45, 7) is 2.27.